The van der Waals surface area contributed by atoms with Crippen molar-refractivity contribution in [3.63, 3.8) is 0 Å². The molecule has 0 saturated heterocycles. The summed E-state index contributed by atoms with van der Waals surface area (Å²) in [5, 5.41) is 12.6. The van der Waals surface area contributed by atoms with Gasteiger partial charge in [-0.3, -0.25) is 0 Å². The lowest BCUT2D eigenvalue weighted by molar-refractivity contribution is -0.132. The Kier molecular flexibility index (Phi) is 4.61. The summed E-state index contributed by atoms with van der Waals surface area (Å²) in [5.74, 6) is 1.29. The van der Waals surface area contributed by atoms with E-state index in [1.54, 1.807) is 12.1 Å². The van der Waals surface area contributed by atoms with Crippen LogP contribution in [0.1, 0.15) is 45.1 Å². The van der Waals surface area contributed by atoms with E-state index in [0.717, 1.165) is 36.0 Å². The maximum absolute atomic E-state index is 14.3. The molecule has 138 valence electrons. The molecule has 2 aromatic carbocycles. The summed E-state index contributed by atoms with van der Waals surface area (Å²) < 4.78 is 14.3. The van der Waals surface area contributed by atoms with E-state index < -0.39 is 5.60 Å². The SMILES string of the molecule is CC1CC2CC(C)C(O)(c3cc(F)ccc3-c3cccc(Cl)c3)C(C1)C2. The van der Waals surface area contributed by atoms with Gasteiger partial charge in [0.25, 0.3) is 0 Å². The molecule has 2 saturated carbocycles. The summed E-state index contributed by atoms with van der Waals surface area (Å²) in [6.07, 6.45) is 4.30. The zero-order valence-electron chi connectivity index (χ0n) is 15.4. The molecule has 0 heterocycles. The van der Waals surface area contributed by atoms with Crippen LogP contribution >= 0.6 is 11.6 Å². The average Bonchev–Trinajstić information content (AvgIpc) is 2.59. The van der Waals surface area contributed by atoms with Crippen LogP contribution in [0.15, 0.2) is 42.5 Å². The van der Waals surface area contributed by atoms with Crippen LogP contribution in [-0.2, 0) is 5.60 Å². The van der Waals surface area contributed by atoms with E-state index in [1.807, 2.05) is 24.3 Å². The summed E-state index contributed by atoms with van der Waals surface area (Å²) in [5.41, 5.74) is 1.55. The molecule has 0 spiro atoms. The minimum atomic E-state index is -0.995. The highest BCUT2D eigenvalue weighted by Crippen LogP contribution is 2.55. The topological polar surface area (TPSA) is 20.2 Å². The fraction of sp³-hybridized carbons (Fsp3) is 0.478. The number of benzene rings is 2. The lowest BCUT2D eigenvalue weighted by atomic mass is 9.55. The Bertz CT molecular complexity index is 816. The molecular weight excluding hydrogens is 347 g/mol. The van der Waals surface area contributed by atoms with Crippen molar-refractivity contribution in [2.24, 2.45) is 23.7 Å². The van der Waals surface area contributed by atoms with Crippen LogP contribution in [0.3, 0.4) is 0 Å². The van der Waals surface area contributed by atoms with E-state index in [2.05, 4.69) is 13.8 Å². The minimum Gasteiger partial charge on any atom is -0.385 e. The second-order valence-electron chi connectivity index (χ2n) is 8.54. The molecular formula is C23H26ClFO. The fourth-order valence-electron chi connectivity index (χ4n) is 5.62. The van der Waals surface area contributed by atoms with Gasteiger partial charge in [-0.05, 0) is 90.3 Å². The third-order valence-corrected chi connectivity index (χ3v) is 6.88. The van der Waals surface area contributed by atoms with Crippen LogP contribution in [0.2, 0.25) is 5.02 Å². The number of hydrogen-bond donors (Lipinski definition) is 1. The van der Waals surface area contributed by atoms with E-state index in [0.29, 0.717) is 16.9 Å². The van der Waals surface area contributed by atoms with Crippen molar-refractivity contribution in [2.45, 2.75) is 45.1 Å². The van der Waals surface area contributed by atoms with Gasteiger partial charge >= 0.3 is 0 Å². The predicted molar refractivity (Wildman–Crippen MR) is 105 cm³/mol. The number of aliphatic hydroxyl groups is 1. The lowest BCUT2D eigenvalue weighted by Gasteiger charge is -2.52. The van der Waals surface area contributed by atoms with Crippen molar-refractivity contribution >= 4 is 11.6 Å². The third kappa shape index (κ3) is 2.97. The standard InChI is InChI=1S/C23H26ClFO/c1-14-8-16-10-15(2)23(26,18(9-14)11-16)22-13-20(25)6-7-21(22)17-4-3-5-19(24)12-17/h3-7,12-16,18,26H,8-11H2,1-2H3. The van der Waals surface area contributed by atoms with Crippen LogP contribution in [0.5, 0.6) is 0 Å². The highest BCUT2D eigenvalue weighted by molar-refractivity contribution is 6.30. The van der Waals surface area contributed by atoms with Gasteiger partial charge in [0.2, 0.25) is 0 Å². The van der Waals surface area contributed by atoms with Crippen molar-refractivity contribution in [3.8, 4) is 11.1 Å². The Morgan fingerprint density at radius 2 is 1.85 bits per heavy atom. The molecule has 26 heavy (non-hydrogen) atoms. The van der Waals surface area contributed by atoms with Crippen molar-refractivity contribution in [1.29, 1.82) is 0 Å². The van der Waals surface area contributed by atoms with E-state index in [-0.39, 0.29) is 17.7 Å². The second-order valence-corrected chi connectivity index (χ2v) is 8.97. The quantitative estimate of drug-likeness (QED) is 0.644. The normalized spacial score (nSPS) is 33.9. The van der Waals surface area contributed by atoms with Crippen molar-refractivity contribution < 1.29 is 9.50 Å². The van der Waals surface area contributed by atoms with Gasteiger partial charge in [0.15, 0.2) is 0 Å². The molecule has 2 aliphatic rings. The first-order valence-electron chi connectivity index (χ1n) is 9.66. The van der Waals surface area contributed by atoms with Crippen molar-refractivity contribution in [3.05, 3.63) is 58.9 Å². The maximum Gasteiger partial charge on any atom is 0.123 e. The van der Waals surface area contributed by atoms with Crippen molar-refractivity contribution in [2.75, 3.05) is 0 Å². The predicted octanol–water partition coefficient (Wildman–Crippen LogP) is 6.43. The Morgan fingerprint density at radius 3 is 2.62 bits per heavy atom. The monoisotopic (exact) mass is 372 g/mol. The molecule has 0 radical (unpaired) electrons. The number of halogens is 2. The summed E-state index contributed by atoms with van der Waals surface area (Å²) in [4.78, 5) is 0. The first-order valence-corrected chi connectivity index (χ1v) is 10.0. The van der Waals surface area contributed by atoms with Gasteiger partial charge in [0.1, 0.15) is 5.82 Å². The lowest BCUT2D eigenvalue weighted by Crippen LogP contribution is -2.49. The van der Waals surface area contributed by atoms with E-state index in [9.17, 15) is 9.50 Å². The zero-order valence-corrected chi connectivity index (χ0v) is 16.1. The fourth-order valence-corrected chi connectivity index (χ4v) is 5.81. The molecule has 1 N–H and O–H groups in total. The minimum absolute atomic E-state index is 0.110. The molecule has 2 fully saturated rings. The first kappa shape index (κ1) is 18.0. The summed E-state index contributed by atoms with van der Waals surface area (Å²) in [6.45, 7) is 4.40. The Morgan fingerprint density at radius 1 is 1.04 bits per heavy atom. The van der Waals surface area contributed by atoms with Gasteiger partial charge in [-0.1, -0.05) is 43.6 Å². The Balaban J connectivity index is 1.87. The Labute approximate surface area is 160 Å². The molecule has 0 amide bonds. The summed E-state index contributed by atoms with van der Waals surface area (Å²) in [6, 6.07) is 12.4. The molecule has 3 heteroatoms. The molecule has 5 atom stereocenters. The van der Waals surface area contributed by atoms with E-state index in [1.165, 1.54) is 12.5 Å². The van der Waals surface area contributed by atoms with Crippen LogP contribution in [0.4, 0.5) is 4.39 Å². The van der Waals surface area contributed by atoms with Gasteiger partial charge < -0.3 is 5.11 Å². The number of fused-ring (bicyclic) bond motifs is 2. The van der Waals surface area contributed by atoms with Gasteiger partial charge in [-0.2, -0.15) is 0 Å². The molecule has 0 aromatic heterocycles. The molecule has 2 bridgehead atoms. The highest BCUT2D eigenvalue weighted by atomic mass is 35.5. The van der Waals surface area contributed by atoms with Gasteiger partial charge in [0.05, 0.1) is 5.60 Å². The maximum atomic E-state index is 14.3. The van der Waals surface area contributed by atoms with Crippen LogP contribution in [0, 0.1) is 29.5 Å². The number of hydrogen-bond acceptors (Lipinski definition) is 1. The highest BCUT2D eigenvalue weighted by Gasteiger charge is 2.51. The van der Waals surface area contributed by atoms with E-state index >= 15 is 0 Å². The molecule has 1 nitrogen and oxygen atoms in total. The van der Waals surface area contributed by atoms with Crippen molar-refractivity contribution in [1.82, 2.24) is 0 Å². The van der Waals surface area contributed by atoms with Crippen LogP contribution < -0.4 is 0 Å². The van der Waals surface area contributed by atoms with Gasteiger partial charge in [-0.15, -0.1) is 0 Å². The third-order valence-electron chi connectivity index (χ3n) is 6.65. The first-order chi connectivity index (χ1) is 12.4. The van der Waals surface area contributed by atoms with Crippen LogP contribution in [0.25, 0.3) is 11.1 Å². The zero-order chi connectivity index (χ0) is 18.5. The largest absolute Gasteiger partial charge is 0.385 e. The molecule has 5 unspecified atom stereocenters. The Hall–Kier alpha value is -1.38. The van der Waals surface area contributed by atoms with Gasteiger partial charge in [0, 0.05) is 5.02 Å². The molecule has 0 aliphatic heterocycles. The van der Waals surface area contributed by atoms with E-state index in [4.69, 9.17) is 11.6 Å². The summed E-state index contributed by atoms with van der Waals surface area (Å²) in [7, 11) is 0. The average molecular weight is 373 g/mol. The number of rotatable bonds is 2. The smallest absolute Gasteiger partial charge is 0.123 e. The molecule has 4 rings (SSSR count). The summed E-state index contributed by atoms with van der Waals surface area (Å²) >= 11 is 6.19. The van der Waals surface area contributed by atoms with Gasteiger partial charge in [-0.25, -0.2) is 4.39 Å². The molecule has 2 aliphatic carbocycles. The molecule has 2 aromatic rings. The second kappa shape index (κ2) is 6.65. The van der Waals surface area contributed by atoms with Crippen LogP contribution in [-0.4, -0.2) is 5.11 Å².